The average molecular weight is 340 g/mol. The Labute approximate surface area is 138 Å². The van der Waals surface area contributed by atoms with Gasteiger partial charge in [-0.2, -0.15) is 13.2 Å². The molecule has 0 aromatic carbocycles. The van der Waals surface area contributed by atoms with Crippen molar-refractivity contribution in [2.24, 2.45) is 0 Å². The van der Waals surface area contributed by atoms with E-state index in [2.05, 4.69) is 20.3 Å². The first kappa shape index (κ1) is 18.1. The maximum absolute atomic E-state index is 13.0. The molecule has 5 nitrogen and oxygen atoms in total. The van der Waals surface area contributed by atoms with Crippen LogP contribution in [0.5, 0.6) is 0 Å². The number of hydrogen-bond acceptors (Lipinski definition) is 5. The predicted octanol–water partition coefficient (Wildman–Crippen LogP) is 3.79. The SMILES string of the molecule is CCOCCCCNc1cc(C(F)(F)F)nc(-c2cccnc2)n1. The van der Waals surface area contributed by atoms with Gasteiger partial charge in [0.15, 0.2) is 11.5 Å². The van der Waals surface area contributed by atoms with Crippen LogP contribution in [0.25, 0.3) is 11.4 Å². The molecule has 130 valence electrons. The van der Waals surface area contributed by atoms with Gasteiger partial charge in [0.05, 0.1) is 0 Å². The fraction of sp³-hybridized carbons (Fsp3) is 0.438. The van der Waals surface area contributed by atoms with E-state index in [0.29, 0.717) is 25.3 Å². The third-order valence-electron chi connectivity index (χ3n) is 3.16. The minimum Gasteiger partial charge on any atom is -0.382 e. The molecule has 2 heterocycles. The van der Waals surface area contributed by atoms with E-state index in [1.165, 1.54) is 12.4 Å². The Morgan fingerprint density at radius 3 is 2.71 bits per heavy atom. The molecular weight excluding hydrogens is 321 g/mol. The van der Waals surface area contributed by atoms with E-state index in [1.54, 1.807) is 12.1 Å². The number of aromatic nitrogens is 3. The molecule has 2 aromatic heterocycles. The van der Waals surface area contributed by atoms with E-state index in [1.807, 2.05) is 6.92 Å². The molecule has 0 saturated carbocycles. The first-order valence-electron chi connectivity index (χ1n) is 7.69. The summed E-state index contributed by atoms with van der Waals surface area (Å²) in [5.74, 6) is 0.141. The van der Waals surface area contributed by atoms with Gasteiger partial charge in [0.2, 0.25) is 0 Å². The van der Waals surface area contributed by atoms with Crippen LogP contribution in [0.3, 0.4) is 0 Å². The van der Waals surface area contributed by atoms with Gasteiger partial charge < -0.3 is 10.1 Å². The number of anilines is 1. The lowest BCUT2D eigenvalue weighted by Gasteiger charge is -2.12. The Morgan fingerprint density at radius 1 is 1.21 bits per heavy atom. The normalized spacial score (nSPS) is 11.5. The number of ether oxygens (including phenoxy) is 1. The minimum absolute atomic E-state index is 0.00487. The van der Waals surface area contributed by atoms with Gasteiger partial charge >= 0.3 is 6.18 Å². The van der Waals surface area contributed by atoms with Gasteiger partial charge in [-0.25, -0.2) is 9.97 Å². The molecule has 0 aliphatic carbocycles. The van der Waals surface area contributed by atoms with Gasteiger partial charge in [0.25, 0.3) is 0 Å². The molecule has 0 atom stereocenters. The summed E-state index contributed by atoms with van der Waals surface area (Å²) in [5.41, 5.74) is -0.545. The second kappa shape index (κ2) is 8.58. The van der Waals surface area contributed by atoms with Crippen molar-refractivity contribution >= 4 is 5.82 Å². The number of rotatable bonds is 8. The molecule has 0 fully saturated rings. The van der Waals surface area contributed by atoms with Crippen molar-refractivity contribution in [3.05, 3.63) is 36.3 Å². The molecule has 1 N–H and O–H groups in total. The van der Waals surface area contributed by atoms with E-state index in [0.717, 1.165) is 18.9 Å². The second-order valence-electron chi connectivity index (χ2n) is 5.03. The van der Waals surface area contributed by atoms with E-state index in [-0.39, 0.29) is 11.6 Å². The Balaban J connectivity index is 2.12. The highest BCUT2D eigenvalue weighted by Gasteiger charge is 2.33. The molecule has 0 aliphatic rings. The smallest absolute Gasteiger partial charge is 0.382 e. The van der Waals surface area contributed by atoms with Crippen molar-refractivity contribution in [1.82, 2.24) is 15.0 Å². The lowest BCUT2D eigenvalue weighted by Crippen LogP contribution is -2.13. The van der Waals surface area contributed by atoms with Crippen molar-refractivity contribution in [3.8, 4) is 11.4 Å². The zero-order valence-electron chi connectivity index (χ0n) is 13.3. The molecule has 0 amide bonds. The average Bonchev–Trinajstić information content (AvgIpc) is 2.58. The highest BCUT2D eigenvalue weighted by molar-refractivity contribution is 5.56. The topological polar surface area (TPSA) is 59.9 Å². The van der Waals surface area contributed by atoms with Gasteiger partial charge in [0, 0.05) is 43.8 Å². The fourth-order valence-corrected chi connectivity index (χ4v) is 2.00. The summed E-state index contributed by atoms with van der Waals surface area (Å²) >= 11 is 0. The molecular formula is C16H19F3N4O. The number of alkyl halides is 3. The van der Waals surface area contributed by atoms with Gasteiger partial charge in [-0.05, 0) is 31.9 Å². The molecule has 24 heavy (non-hydrogen) atoms. The lowest BCUT2D eigenvalue weighted by molar-refractivity contribution is -0.141. The van der Waals surface area contributed by atoms with Crippen LogP contribution in [-0.2, 0) is 10.9 Å². The van der Waals surface area contributed by atoms with Crippen molar-refractivity contribution in [3.63, 3.8) is 0 Å². The zero-order valence-corrected chi connectivity index (χ0v) is 13.3. The third-order valence-corrected chi connectivity index (χ3v) is 3.16. The third kappa shape index (κ3) is 5.45. The quantitative estimate of drug-likeness (QED) is 0.741. The van der Waals surface area contributed by atoms with Gasteiger partial charge in [-0.15, -0.1) is 0 Å². The predicted molar refractivity (Wildman–Crippen MR) is 84.5 cm³/mol. The van der Waals surface area contributed by atoms with E-state index in [9.17, 15) is 13.2 Å². The van der Waals surface area contributed by atoms with E-state index in [4.69, 9.17) is 4.74 Å². The maximum atomic E-state index is 13.0. The number of nitrogens with zero attached hydrogens (tertiary/aromatic N) is 3. The lowest BCUT2D eigenvalue weighted by atomic mass is 10.2. The molecule has 2 aromatic rings. The van der Waals surface area contributed by atoms with E-state index >= 15 is 0 Å². The molecule has 8 heteroatoms. The number of unbranched alkanes of at least 4 members (excludes halogenated alkanes) is 1. The summed E-state index contributed by atoms with van der Waals surface area (Å²) in [6.07, 6.45) is 0.0301. The van der Waals surface area contributed by atoms with Crippen LogP contribution in [0.2, 0.25) is 0 Å². The largest absolute Gasteiger partial charge is 0.433 e. The summed E-state index contributed by atoms with van der Waals surface area (Å²) in [6.45, 7) is 3.71. The van der Waals surface area contributed by atoms with Crippen LogP contribution in [0.4, 0.5) is 19.0 Å². The van der Waals surface area contributed by atoms with Gasteiger partial charge in [0.1, 0.15) is 5.82 Å². The summed E-state index contributed by atoms with van der Waals surface area (Å²) in [4.78, 5) is 11.7. The zero-order chi connectivity index (χ0) is 17.4. The minimum atomic E-state index is -4.54. The molecule has 2 rings (SSSR count). The van der Waals surface area contributed by atoms with Gasteiger partial charge in [-0.3, -0.25) is 4.98 Å². The van der Waals surface area contributed by atoms with Crippen molar-refractivity contribution in [1.29, 1.82) is 0 Å². The van der Waals surface area contributed by atoms with Crippen LogP contribution in [0.15, 0.2) is 30.6 Å². The molecule has 0 aliphatic heterocycles. The fourth-order valence-electron chi connectivity index (χ4n) is 2.00. The Morgan fingerprint density at radius 2 is 2.04 bits per heavy atom. The molecule has 0 unspecified atom stereocenters. The van der Waals surface area contributed by atoms with Crippen LogP contribution in [0, 0.1) is 0 Å². The van der Waals surface area contributed by atoms with E-state index < -0.39 is 11.9 Å². The van der Waals surface area contributed by atoms with Crippen LogP contribution in [-0.4, -0.2) is 34.7 Å². The summed E-state index contributed by atoms with van der Waals surface area (Å²) in [6, 6.07) is 4.16. The van der Waals surface area contributed by atoms with Crippen molar-refractivity contribution in [2.45, 2.75) is 25.9 Å². The molecule has 0 saturated heterocycles. The highest BCUT2D eigenvalue weighted by Crippen LogP contribution is 2.30. The second-order valence-corrected chi connectivity index (χ2v) is 5.03. The van der Waals surface area contributed by atoms with Crippen LogP contribution < -0.4 is 5.32 Å². The Kier molecular flexibility index (Phi) is 6.48. The van der Waals surface area contributed by atoms with Crippen molar-refractivity contribution < 1.29 is 17.9 Å². The summed E-state index contributed by atoms with van der Waals surface area (Å²) in [5, 5.41) is 2.92. The van der Waals surface area contributed by atoms with Crippen LogP contribution >= 0.6 is 0 Å². The maximum Gasteiger partial charge on any atom is 0.433 e. The first-order valence-corrected chi connectivity index (χ1v) is 7.69. The van der Waals surface area contributed by atoms with Crippen LogP contribution in [0.1, 0.15) is 25.5 Å². The molecule has 0 bridgehead atoms. The number of hydrogen-bond donors (Lipinski definition) is 1. The highest BCUT2D eigenvalue weighted by atomic mass is 19.4. The molecule has 0 radical (unpaired) electrons. The Hall–Kier alpha value is -2.22. The molecule has 0 spiro atoms. The standard InChI is InChI=1S/C16H19F3N4O/c1-2-24-9-4-3-8-21-14-10-13(16(17,18)19)22-15(23-14)12-6-5-7-20-11-12/h5-7,10-11H,2-4,8-9H2,1H3,(H,21,22,23). The summed E-state index contributed by atoms with van der Waals surface area (Å²) in [7, 11) is 0. The monoisotopic (exact) mass is 340 g/mol. The number of halogens is 3. The first-order chi connectivity index (χ1) is 11.5. The van der Waals surface area contributed by atoms with Gasteiger partial charge in [-0.1, -0.05) is 0 Å². The van der Waals surface area contributed by atoms with Crippen molar-refractivity contribution in [2.75, 3.05) is 25.1 Å². The Bertz CT molecular complexity index is 635. The summed E-state index contributed by atoms with van der Waals surface area (Å²) < 4.78 is 44.3. The number of pyridine rings is 1. The number of nitrogens with one attached hydrogen (secondary N) is 1.